The molecule has 0 amide bonds. The van der Waals surface area contributed by atoms with Gasteiger partial charge in [-0.15, -0.1) is 0 Å². The maximum Gasteiger partial charge on any atom is 0.325 e. The average Bonchev–Trinajstić information content (AvgIpc) is 2.38. The molecule has 1 aromatic carbocycles. The zero-order chi connectivity index (χ0) is 13.8. The molecule has 1 saturated carbocycles. The summed E-state index contributed by atoms with van der Waals surface area (Å²) in [6.45, 7) is 1.75. The van der Waals surface area contributed by atoms with Crippen molar-refractivity contribution in [3.8, 4) is 0 Å². The normalized spacial score (nSPS) is 18.2. The van der Waals surface area contributed by atoms with Gasteiger partial charge in [0.05, 0.1) is 0 Å². The van der Waals surface area contributed by atoms with Gasteiger partial charge in [0.15, 0.2) is 0 Å². The van der Waals surface area contributed by atoms with Crippen molar-refractivity contribution in [3.05, 3.63) is 35.1 Å². The summed E-state index contributed by atoms with van der Waals surface area (Å²) in [4.78, 5) is 11.5. The summed E-state index contributed by atoms with van der Waals surface area (Å²) >= 11 is 0. The highest BCUT2D eigenvalue weighted by molar-refractivity contribution is 5.76. The Bertz CT molecular complexity index is 455. The van der Waals surface area contributed by atoms with Crippen LogP contribution in [0.5, 0.6) is 0 Å². The molecule has 2 rings (SSSR count). The van der Waals surface area contributed by atoms with E-state index in [-0.39, 0.29) is 11.9 Å². The largest absolute Gasteiger partial charge is 0.480 e. The number of benzene rings is 1. The Hall–Kier alpha value is -1.42. The molecule has 1 aliphatic carbocycles. The number of hydrogen-bond acceptors (Lipinski definition) is 2. The molecular weight excluding hydrogens is 245 g/mol. The van der Waals surface area contributed by atoms with Crippen molar-refractivity contribution in [2.45, 2.75) is 51.1 Å². The van der Waals surface area contributed by atoms with Gasteiger partial charge in [0, 0.05) is 6.04 Å². The maximum absolute atomic E-state index is 13.1. The molecule has 0 radical (unpaired) electrons. The van der Waals surface area contributed by atoms with Crippen LogP contribution in [-0.2, 0) is 4.79 Å². The van der Waals surface area contributed by atoms with E-state index in [1.165, 1.54) is 18.6 Å². The fourth-order valence-electron chi connectivity index (χ4n) is 2.76. The summed E-state index contributed by atoms with van der Waals surface area (Å²) in [5, 5.41) is 12.6. The SMILES string of the molecule is Cc1cc(F)ccc1C(NC1CCCCC1)C(=O)O. The Labute approximate surface area is 112 Å². The zero-order valence-corrected chi connectivity index (χ0v) is 11.2. The highest BCUT2D eigenvalue weighted by Crippen LogP contribution is 2.24. The summed E-state index contributed by atoms with van der Waals surface area (Å²) in [6, 6.07) is 3.77. The van der Waals surface area contributed by atoms with Crippen molar-refractivity contribution in [1.29, 1.82) is 0 Å². The standard InChI is InChI=1S/C15H20FNO2/c1-10-9-11(16)7-8-13(10)14(15(18)19)17-12-5-3-2-4-6-12/h7-9,12,14,17H,2-6H2,1H3,(H,18,19). The fraction of sp³-hybridized carbons (Fsp3) is 0.533. The van der Waals surface area contributed by atoms with Crippen LogP contribution in [0.15, 0.2) is 18.2 Å². The summed E-state index contributed by atoms with van der Waals surface area (Å²) in [6.07, 6.45) is 5.55. The van der Waals surface area contributed by atoms with Crippen molar-refractivity contribution < 1.29 is 14.3 Å². The molecule has 104 valence electrons. The van der Waals surface area contributed by atoms with Gasteiger partial charge in [-0.1, -0.05) is 25.3 Å². The van der Waals surface area contributed by atoms with Crippen LogP contribution < -0.4 is 5.32 Å². The second-order valence-corrected chi connectivity index (χ2v) is 5.27. The minimum Gasteiger partial charge on any atom is -0.480 e. The van der Waals surface area contributed by atoms with E-state index in [0.717, 1.165) is 25.7 Å². The van der Waals surface area contributed by atoms with Crippen molar-refractivity contribution in [2.24, 2.45) is 0 Å². The van der Waals surface area contributed by atoms with Gasteiger partial charge >= 0.3 is 5.97 Å². The van der Waals surface area contributed by atoms with Crippen LogP contribution in [0.1, 0.15) is 49.3 Å². The second-order valence-electron chi connectivity index (χ2n) is 5.27. The first-order valence-electron chi connectivity index (χ1n) is 6.83. The van der Waals surface area contributed by atoms with E-state index in [4.69, 9.17) is 0 Å². The van der Waals surface area contributed by atoms with Gasteiger partial charge in [-0.05, 0) is 43.0 Å². The van der Waals surface area contributed by atoms with Gasteiger partial charge in [0.1, 0.15) is 11.9 Å². The van der Waals surface area contributed by atoms with Crippen molar-refractivity contribution in [1.82, 2.24) is 5.32 Å². The minimum atomic E-state index is -0.903. The number of halogens is 1. The molecule has 0 aliphatic heterocycles. The number of rotatable bonds is 4. The quantitative estimate of drug-likeness (QED) is 0.879. The number of carboxylic acid groups (broad SMARTS) is 1. The number of aliphatic carboxylic acids is 1. The smallest absolute Gasteiger partial charge is 0.325 e. The molecule has 0 spiro atoms. The molecule has 0 bridgehead atoms. The molecule has 19 heavy (non-hydrogen) atoms. The number of hydrogen-bond donors (Lipinski definition) is 2. The predicted molar refractivity (Wildman–Crippen MR) is 71.5 cm³/mol. The molecule has 4 heteroatoms. The third-order valence-corrected chi connectivity index (χ3v) is 3.80. The number of carbonyl (C=O) groups is 1. The van der Waals surface area contributed by atoms with Crippen LogP contribution in [0, 0.1) is 12.7 Å². The molecule has 0 saturated heterocycles. The van der Waals surface area contributed by atoms with Gasteiger partial charge in [0.25, 0.3) is 0 Å². The Morgan fingerprint density at radius 2 is 2.05 bits per heavy atom. The Morgan fingerprint density at radius 1 is 1.37 bits per heavy atom. The van der Waals surface area contributed by atoms with E-state index >= 15 is 0 Å². The lowest BCUT2D eigenvalue weighted by atomic mass is 9.93. The van der Waals surface area contributed by atoms with Gasteiger partial charge < -0.3 is 5.11 Å². The summed E-state index contributed by atoms with van der Waals surface area (Å²) in [7, 11) is 0. The molecule has 1 aromatic rings. The Morgan fingerprint density at radius 3 is 2.63 bits per heavy atom. The molecule has 0 heterocycles. The van der Waals surface area contributed by atoms with Crippen LogP contribution in [0.2, 0.25) is 0 Å². The van der Waals surface area contributed by atoms with E-state index in [1.54, 1.807) is 13.0 Å². The van der Waals surface area contributed by atoms with Gasteiger partial charge in [-0.25, -0.2) is 4.39 Å². The number of nitrogens with one attached hydrogen (secondary N) is 1. The summed E-state index contributed by atoms with van der Waals surface area (Å²) in [5.41, 5.74) is 1.33. The first-order chi connectivity index (χ1) is 9.08. The van der Waals surface area contributed by atoms with Crippen LogP contribution in [0.25, 0.3) is 0 Å². The topological polar surface area (TPSA) is 49.3 Å². The number of aryl methyl sites for hydroxylation is 1. The first-order valence-corrected chi connectivity index (χ1v) is 6.83. The van der Waals surface area contributed by atoms with Gasteiger partial charge in [0.2, 0.25) is 0 Å². The van der Waals surface area contributed by atoms with E-state index in [9.17, 15) is 14.3 Å². The van der Waals surface area contributed by atoms with E-state index in [2.05, 4.69) is 5.32 Å². The molecule has 3 nitrogen and oxygen atoms in total. The summed E-state index contributed by atoms with van der Waals surface area (Å²) < 4.78 is 13.1. The molecule has 1 fully saturated rings. The lowest BCUT2D eigenvalue weighted by Gasteiger charge is -2.27. The molecule has 1 unspecified atom stereocenters. The van der Waals surface area contributed by atoms with E-state index < -0.39 is 12.0 Å². The van der Waals surface area contributed by atoms with Gasteiger partial charge in [-0.2, -0.15) is 0 Å². The third kappa shape index (κ3) is 3.53. The highest BCUT2D eigenvalue weighted by Gasteiger charge is 2.25. The Kier molecular flexibility index (Phi) is 4.53. The fourth-order valence-corrected chi connectivity index (χ4v) is 2.76. The second kappa shape index (κ2) is 6.15. The Balaban J connectivity index is 2.17. The third-order valence-electron chi connectivity index (χ3n) is 3.80. The maximum atomic E-state index is 13.1. The molecular formula is C15H20FNO2. The van der Waals surface area contributed by atoms with E-state index in [1.807, 2.05) is 0 Å². The zero-order valence-electron chi connectivity index (χ0n) is 11.2. The van der Waals surface area contributed by atoms with Gasteiger partial charge in [-0.3, -0.25) is 10.1 Å². The summed E-state index contributed by atoms with van der Waals surface area (Å²) in [5.74, 6) is -1.23. The van der Waals surface area contributed by atoms with Crippen LogP contribution in [0.3, 0.4) is 0 Å². The molecule has 1 aliphatic rings. The first kappa shape index (κ1) is 14.0. The van der Waals surface area contributed by atoms with Crippen molar-refractivity contribution >= 4 is 5.97 Å². The van der Waals surface area contributed by atoms with Crippen molar-refractivity contribution in [2.75, 3.05) is 0 Å². The van der Waals surface area contributed by atoms with Crippen LogP contribution >= 0.6 is 0 Å². The predicted octanol–water partition coefficient (Wildman–Crippen LogP) is 3.18. The molecule has 0 aromatic heterocycles. The highest BCUT2D eigenvalue weighted by atomic mass is 19.1. The van der Waals surface area contributed by atoms with Crippen LogP contribution in [0.4, 0.5) is 4.39 Å². The number of carboxylic acids is 1. The van der Waals surface area contributed by atoms with E-state index in [0.29, 0.717) is 11.1 Å². The molecule has 1 atom stereocenters. The van der Waals surface area contributed by atoms with Crippen molar-refractivity contribution in [3.63, 3.8) is 0 Å². The average molecular weight is 265 g/mol. The monoisotopic (exact) mass is 265 g/mol. The lowest BCUT2D eigenvalue weighted by molar-refractivity contribution is -0.140. The minimum absolute atomic E-state index is 0.249. The van der Waals surface area contributed by atoms with Crippen LogP contribution in [-0.4, -0.2) is 17.1 Å². The lowest BCUT2D eigenvalue weighted by Crippen LogP contribution is -2.38. The molecule has 2 N–H and O–H groups in total.